The molecule has 0 aliphatic carbocycles. The Labute approximate surface area is 102 Å². The van der Waals surface area contributed by atoms with Crippen molar-refractivity contribution < 1.29 is 9.47 Å². The number of H-pyrrole nitrogens is 1. The van der Waals surface area contributed by atoms with Crippen molar-refractivity contribution in [3.63, 3.8) is 0 Å². The van der Waals surface area contributed by atoms with Crippen molar-refractivity contribution >= 4 is 10.9 Å². The number of rotatable bonds is 2. The Morgan fingerprint density at radius 2 is 1.53 bits per heavy atom. The molecule has 0 aliphatic rings. The zero-order valence-electron chi connectivity index (χ0n) is 11.0. The summed E-state index contributed by atoms with van der Waals surface area (Å²) in [5.41, 5.74) is 2.40. The van der Waals surface area contributed by atoms with Gasteiger partial charge < -0.3 is 14.5 Å². The van der Waals surface area contributed by atoms with E-state index in [0.29, 0.717) is 0 Å². The summed E-state index contributed by atoms with van der Waals surface area (Å²) in [7, 11) is 3.30. The first kappa shape index (κ1) is 11.8. The van der Waals surface area contributed by atoms with Crippen molar-refractivity contribution in [3.05, 3.63) is 23.9 Å². The fourth-order valence-corrected chi connectivity index (χ4v) is 1.86. The van der Waals surface area contributed by atoms with Gasteiger partial charge in [0.2, 0.25) is 0 Å². The van der Waals surface area contributed by atoms with Gasteiger partial charge in [-0.15, -0.1) is 0 Å². The summed E-state index contributed by atoms with van der Waals surface area (Å²) in [5.74, 6) is 1.52. The number of hydrogen-bond acceptors (Lipinski definition) is 2. The molecule has 0 saturated heterocycles. The summed E-state index contributed by atoms with van der Waals surface area (Å²) in [4.78, 5) is 3.43. The van der Waals surface area contributed by atoms with Crippen LogP contribution in [0.1, 0.15) is 26.5 Å². The van der Waals surface area contributed by atoms with Crippen LogP contribution in [0.25, 0.3) is 10.9 Å². The van der Waals surface area contributed by atoms with Crippen molar-refractivity contribution in [1.82, 2.24) is 4.98 Å². The highest BCUT2D eigenvalue weighted by Crippen LogP contribution is 2.34. The number of aromatic nitrogens is 1. The van der Waals surface area contributed by atoms with Gasteiger partial charge in [-0.25, -0.2) is 0 Å². The Balaban J connectivity index is 2.61. The Bertz CT molecular complexity index is 494. The molecule has 0 fully saturated rings. The number of nitrogens with one attached hydrogen (secondary N) is 1. The number of benzene rings is 1. The van der Waals surface area contributed by atoms with Gasteiger partial charge in [-0.2, -0.15) is 0 Å². The summed E-state index contributed by atoms with van der Waals surface area (Å²) < 4.78 is 10.6. The fourth-order valence-electron chi connectivity index (χ4n) is 1.86. The Hall–Kier alpha value is -1.64. The van der Waals surface area contributed by atoms with Gasteiger partial charge >= 0.3 is 0 Å². The SMILES string of the molecule is COc1cc2cc(C(C)(C)C)[nH]c2cc1OC. The summed E-state index contributed by atoms with van der Waals surface area (Å²) in [6.07, 6.45) is 0. The number of aromatic amines is 1. The molecule has 0 spiro atoms. The van der Waals surface area contributed by atoms with E-state index < -0.39 is 0 Å². The van der Waals surface area contributed by atoms with E-state index in [0.717, 1.165) is 22.4 Å². The molecule has 92 valence electrons. The average molecular weight is 233 g/mol. The minimum atomic E-state index is 0.111. The van der Waals surface area contributed by atoms with Gasteiger partial charge in [0.25, 0.3) is 0 Å². The molecule has 3 heteroatoms. The van der Waals surface area contributed by atoms with Gasteiger partial charge in [0.1, 0.15) is 0 Å². The summed E-state index contributed by atoms with van der Waals surface area (Å²) in [6.45, 7) is 6.56. The van der Waals surface area contributed by atoms with Crippen molar-refractivity contribution in [2.24, 2.45) is 0 Å². The molecule has 1 aromatic carbocycles. The Morgan fingerprint density at radius 1 is 0.941 bits per heavy atom. The van der Waals surface area contributed by atoms with Crippen LogP contribution in [-0.4, -0.2) is 19.2 Å². The highest BCUT2D eigenvalue weighted by molar-refractivity contribution is 5.84. The van der Waals surface area contributed by atoms with Crippen molar-refractivity contribution in [3.8, 4) is 11.5 Å². The minimum absolute atomic E-state index is 0.111. The first-order chi connectivity index (χ1) is 7.95. The van der Waals surface area contributed by atoms with Crippen molar-refractivity contribution in [2.45, 2.75) is 26.2 Å². The molecule has 1 heterocycles. The summed E-state index contributed by atoms with van der Waals surface area (Å²) >= 11 is 0. The number of methoxy groups -OCH3 is 2. The largest absolute Gasteiger partial charge is 0.493 e. The fraction of sp³-hybridized carbons (Fsp3) is 0.429. The molecule has 2 aromatic rings. The van der Waals surface area contributed by atoms with Gasteiger partial charge in [-0.3, -0.25) is 0 Å². The summed E-state index contributed by atoms with van der Waals surface area (Å²) in [5, 5.41) is 1.15. The number of fused-ring (bicyclic) bond motifs is 1. The predicted octanol–water partition coefficient (Wildman–Crippen LogP) is 3.48. The third-order valence-corrected chi connectivity index (χ3v) is 2.93. The molecule has 0 saturated carbocycles. The molecule has 1 aromatic heterocycles. The van der Waals surface area contributed by atoms with Crippen LogP contribution in [0.15, 0.2) is 18.2 Å². The molecular formula is C14H19NO2. The van der Waals surface area contributed by atoms with Crippen molar-refractivity contribution in [2.75, 3.05) is 14.2 Å². The second kappa shape index (κ2) is 3.99. The Morgan fingerprint density at radius 3 is 2.06 bits per heavy atom. The van der Waals surface area contributed by atoms with Gasteiger partial charge in [0, 0.05) is 28.1 Å². The normalized spacial score (nSPS) is 11.8. The third kappa shape index (κ3) is 2.09. The molecule has 0 bridgehead atoms. The zero-order valence-corrected chi connectivity index (χ0v) is 11.0. The van der Waals surface area contributed by atoms with E-state index in [4.69, 9.17) is 9.47 Å². The molecule has 0 unspecified atom stereocenters. The molecular weight excluding hydrogens is 214 g/mol. The van der Waals surface area contributed by atoms with E-state index in [9.17, 15) is 0 Å². The molecule has 0 amide bonds. The number of hydrogen-bond donors (Lipinski definition) is 1. The van der Waals surface area contributed by atoms with Gasteiger partial charge in [0.05, 0.1) is 14.2 Å². The highest BCUT2D eigenvalue weighted by atomic mass is 16.5. The second-order valence-electron chi connectivity index (χ2n) is 5.23. The monoisotopic (exact) mass is 233 g/mol. The van der Waals surface area contributed by atoms with E-state index >= 15 is 0 Å². The molecule has 17 heavy (non-hydrogen) atoms. The van der Waals surface area contributed by atoms with E-state index in [-0.39, 0.29) is 5.41 Å². The van der Waals surface area contributed by atoms with E-state index in [1.165, 1.54) is 5.69 Å². The second-order valence-corrected chi connectivity index (χ2v) is 5.23. The molecule has 1 N–H and O–H groups in total. The van der Waals surface area contributed by atoms with Crippen LogP contribution in [0.2, 0.25) is 0 Å². The van der Waals surface area contributed by atoms with Gasteiger partial charge in [0.15, 0.2) is 11.5 Å². The van der Waals surface area contributed by atoms with E-state index in [1.54, 1.807) is 14.2 Å². The quantitative estimate of drug-likeness (QED) is 0.861. The average Bonchev–Trinajstić information content (AvgIpc) is 2.69. The van der Waals surface area contributed by atoms with Crippen LogP contribution in [0.4, 0.5) is 0 Å². The number of ether oxygens (including phenoxy) is 2. The third-order valence-electron chi connectivity index (χ3n) is 2.93. The highest BCUT2D eigenvalue weighted by Gasteiger charge is 2.17. The first-order valence-corrected chi connectivity index (χ1v) is 5.71. The van der Waals surface area contributed by atoms with Crippen molar-refractivity contribution in [1.29, 1.82) is 0 Å². The zero-order chi connectivity index (χ0) is 12.6. The minimum Gasteiger partial charge on any atom is -0.493 e. The maximum atomic E-state index is 5.30. The van der Waals surface area contributed by atoms with Crippen LogP contribution < -0.4 is 9.47 Å². The van der Waals surface area contributed by atoms with Crippen LogP contribution in [0.5, 0.6) is 11.5 Å². The molecule has 0 aliphatic heterocycles. The summed E-state index contributed by atoms with van der Waals surface area (Å²) in [6, 6.07) is 6.14. The first-order valence-electron chi connectivity index (χ1n) is 5.71. The molecule has 0 radical (unpaired) electrons. The molecule has 3 nitrogen and oxygen atoms in total. The van der Waals surface area contributed by atoms with Crippen LogP contribution in [0, 0.1) is 0 Å². The van der Waals surface area contributed by atoms with Gasteiger partial charge in [-0.1, -0.05) is 20.8 Å². The van der Waals surface area contributed by atoms with Crippen LogP contribution in [-0.2, 0) is 5.41 Å². The standard InChI is InChI=1S/C14H19NO2/c1-14(2,3)13-7-9-6-11(16-4)12(17-5)8-10(9)15-13/h6-8,15H,1-5H3. The lowest BCUT2D eigenvalue weighted by Crippen LogP contribution is -2.10. The van der Waals surface area contributed by atoms with Crippen LogP contribution >= 0.6 is 0 Å². The lowest BCUT2D eigenvalue weighted by atomic mass is 9.92. The lowest BCUT2D eigenvalue weighted by molar-refractivity contribution is 0.356. The molecule has 2 rings (SSSR count). The van der Waals surface area contributed by atoms with Gasteiger partial charge in [-0.05, 0) is 12.1 Å². The maximum Gasteiger partial charge on any atom is 0.162 e. The van der Waals surface area contributed by atoms with Crippen LogP contribution in [0.3, 0.4) is 0 Å². The predicted molar refractivity (Wildman–Crippen MR) is 70.1 cm³/mol. The smallest absolute Gasteiger partial charge is 0.162 e. The van der Waals surface area contributed by atoms with E-state index in [1.807, 2.05) is 12.1 Å². The topological polar surface area (TPSA) is 34.2 Å². The molecule has 0 atom stereocenters. The lowest BCUT2D eigenvalue weighted by Gasteiger charge is -2.15. The van der Waals surface area contributed by atoms with E-state index in [2.05, 4.69) is 31.8 Å². The maximum absolute atomic E-state index is 5.30. The Kier molecular flexibility index (Phi) is 2.77.